The molecule has 0 heterocycles. The van der Waals surface area contributed by atoms with Gasteiger partial charge in [0.05, 0.1) is 7.11 Å². The minimum absolute atomic E-state index is 0.0992. The van der Waals surface area contributed by atoms with E-state index in [0.717, 1.165) is 5.56 Å². The second-order valence-electron chi connectivity index (χ2n) is 6.67. The highest BCUT2D eigenvalue weighted by atomic mass is 16.5. The Kier molecular flexibility index (Phi) is 8.09. The fraction of sp³-hybridized carbons (Fsp3) is 0.526. The zero-order chi connectivity index (χ0) is 19.7. The molecule has 7 heteroatoms. The van der Waals surface area contributed by atoms with Crippen molar-refractivity contribution in [2.45, 2.75) is 52.3 Å². The molecule has 0 aliphatic carbocycles. The zero-order valence-corrected chi connectivity index (χ0v) is 16.0. The number of hydrogen-bond donors (Lipinski definition) is 2. The first-order valence-corrected chi connectivity index (χ1v) is 8.59. The van der Waals surface area contributed by atoms with Crippen LogP contribution in [0.1, 0.15) is 39.7 Å². The number of amides is 2. The third-order valence-corrected chi connectivity index (χ3v) is 4.15. The molecule has 0 saturated carbocycles. The maximum absolute atomic E-state index is 12.5. The van der Waals surface area contributed by atoms with Crippen LogP contribution >= 0.6 is 0 Å². The fourth-order valence-electron chi connectivity index (χ4n) is 2.19. The number of ether oxygens (including phenoxy) is 2. The summed E-state index contributed by atoms with van der Waals surface area (Å²) in [6.07, 6.45) is -0.0281. The molecule has 1 rings (SSSR count). The highest BCUT2D eigenvalue weighted by molar-refractivity contribution is 5.92. The molecule has 2 N–H and O–H groups in total. The predicted octanol–water partition coefficient (Wildman–Crippen LogP) is 2.40. The number of benzene rings is 1. The fourth-order valence-corrected chi connectivity index (χ4v) is 2.19. The molecule has 0 bridgehead atoms. The standard InChI is InChI=1S/C19H28N2O5/c1-6-13(2)15(16(22)25-5)20-17(23)19(3,4)21-18(24)26-12-14-10-8-7-9-11-14/h7-11,13,15H,6,12H2,1-5H3,(H,20,23)(H,21,24)/t13-,15-/m0/s1. The third kappa shape index (κ3) is 6.38. The molecule has 2 atom stereocenters. The quantitative estimate of drug-likeness (QED) is 0.691. The molecule has 0 spiro atoms. The molecular formula is C19H28N2O5. The van der Waals surface area contributed by atoms with Crippen LogP contribution in [-0.2, 0) is 25.7 Å². The van der Waals surface area contributed by atoms with Crippen molar-refractivity contribution in [1.82, 2.24) is 10.6 Å². The number of nitrogens with one attached hydrogen (secondary N) is 2. The van der Waals surface area contributed by atoms with Gasteiger partial charge in [0.15, 0.2) is 0 Å². The van der Waals surface area contributed by atoms with Gasteiger partial charge in [-0.25, -0.2) is 9.59 Å². The number of carbonyl (C=O) groups excluding carboxylic acids is 3. The van der Waals surface area contributed by atoms with Crippen LogP contribution in [0.15, 0.2) is 30.3 Å². The van der Waals surface area contributed by atoms with Crippen LogP contribution in [0.25, 0.3) is 0 Å². The highest BCUT2D eigenvalue weighted by Crippen LogP contribution is 2.12. The number of hydrogen-bond acceptors (Lipinski definition) is 5. The van der Waals surface area contributed by atoms with E-state index in [1.54, 1.807) is 0 Å². The summed E-state index contributed by atoms with van der Waals surface area (Å²) in [6, 6.07) is 8.44. The normalized spacial score (nSPS) is 13.3. The molecule has 0 aromatic heterocycles. The van der Waals surface area contributed by atoms with Crippen molar-refractivity contribution in [3.63, 3.8) is 0 Å². The van der Waals surface area contributed by atoms with Crippen LogP contribution in [-0.4, -0.2) is 36.7 Å². The summed E-state index contributed by atoms with van der Waals surface area (Å²) < 4.78 is 9.89. The van der Waals surface area contributed by atoms with Gasteiger partial charge in [0.1, 0.15) is 18.2 Å². The second-order valence-corrected chi connectivity index (χ2v) is 6.67. The van der Waals surface area contributed by atoms with Crippen molar-refractivity contribution < 1.29 is 23.9 Å². The largest absolute Gasteiger partial charge is 0.467 e. The van der Waals surface area contributed by atoms with E-state index in [0.29, 0.717) is 6.42 Å². The molecule has 0 aliphatic heterocycles. The van der Waals surface area contributed by atoms with Crippen molar-refractivity contribution in [3.8, 4) is 0 Å². The number of carbonyl (C=O) groups is 3. The van der Waals surface area contributed by atoms with Crippen molar-refractivity contribution in [3.05, 3.63) is 35.9 Å². The van der Waals surface area contributed by atoms with E-state index in [4.69, 9.17) is 9.47 Å². The summed E-state index contributed by atoms with van der Waals surface area (Å²) in [5.41, 5.74) is -0.416. The van der Waals surface area contributed by atoms with Gasteiger partial charge in [-0.2, -0.15) is 0 Å². The maximum Gasteiger partial charge on any atom is 0.408 e. The highest BCUT2D eigenvalue weighted by Gasteiger charge is 2.35. The van der Waals surface area contributed by atoms with Crippen LogP contribution in [0, 0.1) is 5.92 Å². The summed E-state index contributed by atoms with van der Waals surface area (Å²) in [7, 11) is 1.27. The first kappa shape index (κ1) is 21.5. The van der Waals surface area contributed by atoms with E-state index in [2.05, 4.69) is 10.6 Å². The molecule has 144 valence electrons. The van der Waals surface area contributed by atoms with E-state index in [1.807, 2.05) is 44.2 Å². The molecule has 0 aliphatic rings. The van der Waals surface area contributed by atoms with Crippen molar-refractivity contribution >= 4 is 18.0 Å². The van der Waals surface area contributed by atoms with Gasteiger partial charge < -0.3 is 20.1 Å². The Morgan fingerprint density at radius 3 is 2.31 bits per heavy atom. The van der Waals surface area contributed by atoms with Gasteiger partial charge in [-0.1, -0.05) is 50.6 Å². The van der Waals surface area contributed by atoms with Crippen molar-refractivity contribution in [2.24, 2.45) is 5.92 Å². The lowest BCUT2D eigenvalue weighted by atomic mass is 9.97. The SMILES string of the molecule is CC[C@H](C)[C@H](NC(=O)C(C)(C)NC(=O)OCc1ccccc1)C(=O)OC. The molecule has 0 saturated heterocycles. The van der Waals surface area contributed by atoms with Gasteiger partial charge in [0, 0.05) is 0 Å². The molecule has 1 aromatic carbocycles. The number of alkyl carbamates (subject to hydrolysis) is 1. The Morgan fingerprint density at radius 2 is 1.77 bits per heavy atom. The monoisotopic (exact) mass is 364 g/mol. The van der Waals surface area contributed by atoms with Crippen LogP contribution in [0.3, 0.4) is 0 Å². The Morgan fingerprint density at radius 1 is 1.15 bits per heavy atom. The molecule has 26 heavy (non-hydrogen) atoms. The van der Waals surface area contributed by atoms with E-state index in [1.165, 1.54) is 21.0 Å². The molecule has 2 amide bonds. The minimum atomic E-state index is -1.26. The first-order valence-electron chi connectivity index (χ1n) is 8.59. The Bertz CT molecular complexity index is 616. The van der Waals surface area contributed by atoms with Crippen molar-refractivity contribution in [2.75, 3.05) is 7.11 Å². The molecule has 7 nitrogen and oxygen atoms in total. The molecule has 0 fully saturated rings. The summed E-state index contributed by atoms with van der Waals surface area (Å²) in [4.78, 5) is 36.4. The smallest absolute Gasteiger partial charge is 0.408 e. The van der Waals surface area contributed by atoms with E-state index < -0.39 is 29.6 Å². The van der Waals surface area contributed by atoms with Crippen LogP contribution in [0.5, 0.6) is 0 Å². The molecule has 0 radical (unpaired) electrons. The van der Waals surface area contributed by atoms with E-state index >= 15 is 0 Å². The second kappa shape index (κ2) is 9.79. The van der Waals surface area contributed by atoms with Gasteiger partial charge in [0.25, 0.3) is 0 Å². The van der Waals surface area contributed by atoms with Crippen LogP contribution < -0.4 is 10.6 Å². The van der Waals surface area contributed by atoms with Gasteiger partial charge >= 0.3 is 12.1 Å². The lowest BCUT2D eigenvalue weighted by molar-refractivity contribution is -0.147. The van der Waals surface area contributed by atoms with Crippen LogP contribution in [0.2, 0.25) is 0 Å². The van der Waals surface area contributed by atoms with Gasteiger partial charge in [0.2, 0.25) is 5.91 Å². The third-order valence-electron chi connectivity index (χ3n) is 4.15. The lowest BCUT2D eigenvalue weighted by Gasteiger charge is -2.29. The lowest BCUT2D eigenvalue weighted by Crippen LogP contribution is -2.59. The topological polar surface area (TPSA) is 93.7 Å². The van der Waals surface area contributed by atoms with E-state index in [9.17, 15) is 14.4 Å². The summed E-state index contributed by atoms with van der Waals surface area (Å²) in [5.74, 6) is -1.12. The number of methoxy groups -OCH3 is 1. The van der Waals surface area contributed by atoms with Gasteiger partial charge in [-0.05, 0) is 25.3 Å². The van der Waals surface area contributed by atoms with Crippen molar-refractivity contribution in [1.29, 1.82) is 0 Å². The van der Waals surface area contributed by atoms with E-state index in [-0.39, 0.29) is 12.5 Å². The summed E-state index contributed by atoms with van der Waals surface area (Å²) in [6.45, 7) is 6.93. The Hall–Kier alpha value is -2.57. The summed E-state index contributed by atoms with van der Waals surface area (Å²) in [5, 5.41) is 5.17. The average Bonchev–Trinajstić information content (AvgIpc) is 2.63. The molecular weight excluding hydrogens is 336 g/mol. The zero-order valence-electron chi connectivity index (χ0n) is 16.0. The average molecular weight is 364 g/mol. The number of rotatable bonds is 8. The predicted molar refractivity (Wildman–Crippen MR) is 97.2 cm³/mol. The van der Waals surface area contributed by atoms with Gasteiger partial charge in [-0.3, -0.25) is 4.79 Å². The first-order chi connectivity index (χ1) is 12.2. The Labute approximate surface area is 154 Å². The summed E-state index contributed by atoms with van der Waals surface area (Å²) >= 11 is 0. The van der Waals surface area contributed by atoms with Crippen LogP contribution in [0.4, 0.5) is 4.79 Å². The minimum Gasteiger partial charge on any atom is -0.467 e. The Balaban J connectivity index is 2.64. The molecule has 1 aromatic rings. The molecule has 0 unspecified atom stereocenters. The number of esters is 1. The maximum atomic E-state index is 12.5. The van der Waals surface area contributed by atoms with Gasteiger partial charge in [-0.15, -0.1) is 0 Å².